The average molecular weight is 427 g/mol. The van der Waals surface area contributed by atoms with Gasteiger partial charge in [-0.3, -0.25) is 13.9 Å². The van der Waals surface area contributed by atoms with Gasteiger partial charge >= 0.3 is 0 Å². The van der Waals surface area contributed by atoms with E-state index in [-0.39, 0.29) is 23.4 Å². The molecule has 0 heterocycles. The largest absolute Gasteiger partial charge is 0.368 e. The molecule has 0 atom stereocenters. The van der Waals surface area contributed by atoms with Gasteiger partial charge in [0.2, 0.25) is 11.6 Å². The number of anilines is 1. The zero-order valence-electron chi connectivity index (χ0n) is 17.7. The molecule has 6 nitrogen and oxygen atoms in total. The van der Waals surface area contributed by atoms with Crippen LogP contribution in [-0.4, -0.2) is 44.5 Å². The minimum absolute atomic E-state index is 0.0456. The summed E-state index contributed by atoms with van der Waals surface area (Å²) >= 11 is 0. The van der Waals surface area contributed by atoms with E-state index in [0.29, 0.717) is 18.8 Å². The van der Waals surface area contributed by atoms with E-state index in [9.17, 15) is 18.0 Å². The summed E-state index contributed by atoms with van der Waals surface area (Å²) in [5, 5.41) is 0. The molecule has 158 valence electrons. The number of fused-ring (bicyclic) bond motifs is 1. The van der Waals surface area contributed by atoms with Crippen LogP contribution in [0, 0.1) is 6.92 Å². The molecule has 1 aliphatic carbocycles. The van der Waals surface area contributed by atoms with Crippen LogP contribution in [0.2, 0.25) is 0 Å². The topological polar surface area (TPSA) is 74.8 Å². The Labute approximate surface area is 177 Å². The molecule has 0 bridgehead atoms. The van der Waals surface area contributed by atoms with Gasteiger partial charge in [-0.15, -0.1) is 0 Å². The second-order valence-corrected chi connectivity index (χ2v) is 8.81. The van der Waals surface area contributed by atoms with Gasteiger partial charge in [0.05, 0.1) is 5.69 Å². The normalized spacial score (nSPS) is 14.0. The van der Waals surface area contributed by atoms with Crippen LogP contribution < -0.4 is 4.31 Å². The highest BCUT2D eigenvalue weighted by Gasteiger charge is 2.43. The van der Waals surface area contributed by atoms with E-state index in [1.807, 2.05) is 32.9 Å². The summed E-state index contributed by atoms with van der Waals surface area (Å²) in [6, 6.07) is 13.5. The van der Waals surface area contributed by atoms with Crippen LogP contribution in [0.15, 0.2) is 59.1 Å². The van der Waals surface area contributed by atoms with Crippen molar-refractivity contribution in [1.82, 2.24) is 4.90 Å². The Balaban J connectivity index is 2.32. The smallest absolute Gasteiger partial charge is 0.270 e. The SMILES string of the molecule is CCN(CC)C1=C(S(=O)(=O)N(CC)c2ccccc2C)C(=O)c2ccccc2C1=O. The maximum Gasteiger partial charge on any atom is 0.270 e. The molecule has 0 saturated heterocycles. The number of hydrogen-bond acceptors (Lipinski definition) is 5. The summed E-state index contributed by atoms with van der Waals surface area (Å²) in [5.74, 6) is -1.08. The maximum atomic E-state index is 13.9. The van der Waals surface area contributed by atoms with Gasteiger partial charge in [0.25, 0.3) is 10.0 Å². The molecule has 0 aromatic heterocycles. The van der Waals surface area contributed by atoms with Gasteiger partial charge in [-0.1, -0.05) is 42.5 Å². The van der Waals surface area contributed by atoms with Crippen molar-refractivity contribution in [2.24, 2.45) is 0 Å². The van der Waals surface area contributed by atoms with Crippen LogP contribution in [0.4, 0.5) is 5.69 Å². The van der Waals surface area contributed by atoms with Crippen molar-refractivity contribution in [3.05, 3.63) is 75.8 Å². The Kier molecular flexibility index (Phi) is 6.12. The predicted molar refractivity (Wildman–Crippen MR) is 118 cm³/mol. The highest BCUT2D eigenvalue weighted by molar-refractivity contribution is 7.97. The molecule has 0 saturated carbocycles. The highest BCUT2D eigenvalue weighted by Crippen LogP contribution is 2.35. The Hall–Kier alpha value is -2.93. The lowest BCUT2D eigenvalue weighted by atomic mass is 9.92. The number of carbonyl (C=O) groups is 2. The van der Waals surface area contributed by atoms with Crippen LogP contribution in [0.1, 0.15) is 47.1 Å². The number of nitrogens with zero attached hydrogens (tertiary/aromatic N) is 2. The molecule has 0 amide bonds. The van der Waals surface area contributed by atoms with E-state index < -0.39 is 26.5 Å². The lowest BCUT2D eigenvalue weighted by Gasteiger charge is -2.32. The molecule has 0 aliphatic heterocycles. The fraction of sp³-hybridized carbons (Fsp3) is 0.304. The number of benzene rings is 2. The first-order valence-electron chi connectivity index (χ1n) is 10.1. The third kappa shape index (κ3) is 3.43. The van der Waals surface area contributed by atoms with E-state index in [4.69, 9.17) is 0 Å². The zero-order valence-corrected chi connectivity index (χ0v) is 18.5. The number of carbonyl (C=O) groups excluding carboxylic acids is 2. The van der Waals surface area contributed by atoms with Gasteiger partial charge in [-0.25, -0.2) is 8.42 Å². The van der Waals surface area contributed by atoms with Crippen molar-refractivity contribution in [2.75, 3.05) is 23.9 Å². The fourth-order valence-electron chi connectivity index (χ4n) is 3.83. The quantitative estimate of drug-likeness (QED) is 0.674. The van der Waals surface area contributed by atoms with Crippen LogP contribution in [-0.2, 0) is 10.0 Å². The number of likely N-dealkylation sites (N-methyl/N-ethyl adjacent to an activating group) is 1. The number of allylic oxidation sites excluding steroid dienone is 2. The number of ketones is 2. The predicted octanol–water partition coefficient (Wildman–Crippen LogP) is 3.78. The van der Waals surface area contributed by atoms with Gasteiger partial charge < -0.3 is 4.90 Å². The average Bonchev–Trinajstić information content (AvgIpc) is 2.74. The van der Waals surface area contributed by atoms with Gasteiger partial charge in [-0.05, 0) is 39.3 Å². The number of sulfonamides is 1. The Morgan fingerprint density at radius 3 is 1.83 bits per heavy atom. The van der Waals surface area contributed by atoms with Crippen LogP contribution in [0.5, 0.6) is 0 Å². The molecule has 7 heteroatoms. The van der Waals surface area contributed by atoms with Crippen molar-refractivity contribution in [3.8, 4) is 0 Å². The first-order valence-corrected chi connectivity index (χ1v) is 11.5. The summed E-state index contributed by atoms with van der Waals surface area (Å²) in [4.78, 5) is 28.0. The molecule has 2 aromatic rings. The van der Waals surface area contributed by atoms with Gasteiger partial charge in [0.15, 0.2) is 4.91 Å². The number of rotatable bonds is 7. The number of hydrogen-bond donors (Lipinski definition) is 0. The molecule has 1 aliphatic rings. The third-order valence-corrected chi connectivity index (χ3v) is 7.28. The Bertz CT molecular complexity index is 1130. The standard InChI is InChI=1S/C23H26N2O4S/c1-5-24(6-2)20-21(26)17-13-9-10-14-18(17)22(27)23(20)30(28,29)25(7-3)19-15-11-8-12-16(19)4/h8-15H,5-7H2,1-4H3. The minimum atomic E-state index is -4.29. The van der Waals surface area contributed by atoms with Crippen molar-refractivity contribution in [1.29, 1.82) is 0 Å². The molecule has 0 N–H and O–H groups in total. The second kappa shape index (κ2) is 8.44. The lowest BCUT2D eigenvalue weighted by Crippen LogP contribution is -2.41. The second-order valence-electron chi connectivity index (χ2n) is 7.01. The molecule has 0 fully saturated rings. The molecule has 3 rings (SSSR count). The summed E-state index contributed by atoms with van der Waals surface area (Å²) < 4.78 is 28.9. The molecule has 0 spiro atoms. The fourth-order valence-corrected chi connectivity index (χ4v) is 5.66. The monoisotopic (exact) mass is 426 g/mol. The first kappa shape index (κ1) is 21.8. The van der Waals surface area contributed by atoms with Gasteiger partial charge in [0.1, 0.15) is 5.70 Å². The van der Waals surface area contributed by atoms with E-state index in [2.05, 4.69) is 0 Å². The van der Waals surface area contributed by atoms with Crippen LogP contribution >= 0.6 is 0 Å². The maximum absolute atomic E-state index is 13.9. The molecule has 30 heavy (non-hydrogen) atoms. The van der Waals surface area contributed by atoms with Gasteiger partial charge in [0, 0.05) is 30.8 Å². The van der Waals surface area contributed by atoms with E-state index in [1.54, 1.807) is 42.2 Å². The van der Waals surface area contributed by atoms with Crippen molar-refractivity contribution >= 4 is 27.3 Å². The Morgan fingerprint density at radius 2 is 1.30 bits per heavy atom. The lowest BCUT2D eigenvalue weighted by molar-refractivity contribution is 0.0949. The van der Waals surface area contributed by atoms with Gasteiger partial charge in [-0.2, -0.15) is 0 Å². The Morgan fingerprint density at radius 1 is 0.767 bits per heavy atom. The van der Waals surface area contributed by atoms with E-state index in [0.717, 1.165) is 5.56 Å². The molecule has 0 radical (unpaired) electrons. The molecular weight excluding hydrogens is 400 g/mol. The molecule has 2 aromatic carbocycles. The zero-order chi connectivity index (χ0) is 22.1. The minimum Gasteiger partial charge on any atom is -0.368 e. The number of Topliss-reactive ketones (excluding diaryl/α,β-unsaturated/α-hetero) is 2. The summed E-state index contributed by atoms with van der Waals surface area (Å²) in [6.45, 7) is 8.13. The number of para-hydroxylation sites is 1. The molecule has 0 unspecified atom stereocenters. The van der Waals surface area contributed by atoms with Crippen molar-refractivity contribution in [3.63, 3.8) is 0 Å². The van der Waals surface area contributed by atoms with Crippen molar-refractivity contribution < 1.29 is 18.0 Å². The summed E-state index contributed by atoms with van der Waals surface area (Å²) in [5.41, 5.74) is 1.57. The summed E-state index contributed by atoms with van der Waals surface area (Å²) in [6.07, 6.45) is 0. The van der Waals surface area contributed by atoms with E-state index in [1.165, 1.54) is 10.4 Å². The highest BCUT2D eigenvalue weighted by atomic mass is 32.2. The number of aryl methyl sites for hydroxylation is 1. The van der Waals surface area contributed by atoms with Crippen molar-refractivity contribution in [2.45, 2.75) is 27.7 Å². The third-order valence-electron chi connectivity index (χ3n) is 5.35. The molecular formula is C23H26N2O4S. The first-order chi connectivity index (χ1) is 14.3. The van der Waals surface area contributed by atoms with E-state index >= 15 is 0 Å². The summed E-state index contributed by atoms with van der Waals surface area (Å²) in [7, 11) is -4.29. The van der Waals surface area contributed by atoms with Crippen LogP contribution in [0.3, 0.4) is 0 Å². The van der Waals surface area contributed by atoms with Crippen LogP contribution in [0.25, 0.3) is 0 Å².